The SMILES string of the molecule is Cc1[nH]cnc1C(=O)NC1CCCN(c2nc3ccccc3s2)C1. The van der Waals surface area contributed by atoms with Crippen LogP contribution < -0.4 is 10.2 Å². The number of carbonyl (C=O) groups is 1. The summed E-state index contributed by atoms with van der Waals surface area (Å²) in [6, 6.07) is 8.31. The number of thiazole rings is 1. The zero-order valence-corrected chi connectivity index (χ0v) is 14.3. The van der Waals surface area contributed by atoms with E-state index in [1.807, 2.05) is 25.1 Å². The van der Waals surface area contributed by atoms with Crippen LogP contribution in [0.15, 0.2) is 30.6 Å². The van der Waals surface area contributed by atoms with Crippen LogP contribution in [-0.2, 0) is 0 Å². The van der Waals surface area contributed by atoms with Gasteiger partial charge in [0.25, 0.3) is 5.91 Å². The van der Waals surface area contributed by atoms with Gasteiger partial charge in [-0.25, -0.2) is 9.97 Å². The molecule has 4 rings (SSSR count). The number of piperidine rings is 1. The summed E-state index contributed by atoms with van der Waals surface area (Å²) in [5, 5.41) is 4.14. The maximum Gasteiger partial charge on any atom is 0.272 e. The molecule has 3 heterocycles. The number of nitrogens with zero attached hydrogens (tertiary/aromatic N) is 3. The minimum absolute atomic E-state index is 0.107. The van der Waals surface area contributed by atoms with Crippen LogP contribution in [0, 0.1) is 6.92 Å². The first kappa shape index (κ1) is 15.1. The summed E-state index contributed by atoms with van der Waals surface area (Å²) in [5.74, 6) is -0.107. The van der Waals surface area contributed by atoms with Crippen molar-refractivity contribution in [2.24, 2.45) is 0 Å². The van der Waals surface area contributed by atoms with Crippen molar-refractivity contribution in [1.82, 2.24) is 20.3 Å². The Kier molecular flexibility index (Phi) is 3.93. The number of nitrogens with one attached hydrogen (secondary N) is 2. The van der Waals surface area contributed by atoms with E-state index in [1.54, 1.807) is 17.7 Å². The summed E-state index contributed by atoms with van der Waals surface area (Å²) >= 11 is 1.71. The molecule has 7 heteroatoms. The van der Waals surface area contributed by atoms with Crippen LogP contribution in [0.3, 0.4) is 0 Å². The van der Waals surface area contributed by atoms with Gasteiger partial charge in [0, 0.05) is 24.8 Å². The topological polar surface area (TPSA) is 73.9 Å². The lowest BCUT2D eigenvalue weighted by atomic mass is 10.1. The molecule has 124 valence electrons. The molecule has 0 bridgehead atoms. The molecule has 2 aromatic heterocycles. The first-order valence-corrected chi connectivity index (χ1v) is 8.94. The third-order valence-corrected chi connectivity index (χ3v) is 5.45. The second-order valence-electron chi connectivity index (χ2n) is 6.10. The average molecular weight is 341 g/mol. The molecule has 1 aliphatic rings. The second-order valence-corrected chi connectivity index (χ2v) is 7.11. The fraction of sp³-hybridized carbons (Fsp3) is 0.353. The predicted octanol–water partition coefficient (Wildman–Crippen LogP) is 2.73. The van der Waals surface area contributed by atoms with E-state index < -0.39 is 0 Å². The van der Waals surface area contributed by atoms with Gasteiger partial charge in [-0.2, -0.15) is 0 Å². The van der Waals surface area contributed by atoms with Crippen LogP contribution in [0.2, 0.25) is 0 Å². The Morgan fingerprint density at radius 3 is 3.08 bits per heavy atom. The summed E-state index contributed by atoms with van der Waals surface area (Å²) in [5.41, 5.74) is 2.31. The highest BCUT2D eigenvalue weighted by Crippen LogP contribution is 2.30. The van der Waals surface area contributed by atoms with Crippen LogP contribution in [0.25, 0.3) is 10.2 Å². The van der Waals surface area contributed by atoms with E-state index in [4.69, 9.17) is 4.98 Å². The molecule has 0 aliphatic carbocycles. The number of carbonyl (C=O) groups excluding carboxylic acids is 1. The summed E-state index contributed by atoms with van der Waals surface area (Å²) in [4.78, 5) is 26.4. The number of H-pyrrole nitrogens is 1. The summed E-state index contributed by atoms with van der Waals surface area (Å²) in [6.07, 6.45) is 3.58. The van der Waals surface area contributed by atoms with Gasteiger partial charge >= 0.3 is 0 Å². The second kappa shape index (κ2) is 6.24. The summed E-state index contributed by atoms with van der Waals surface area (Å²) in [7, 11) is 0. The largest absolute Gasteiger partial charge is 0.348 e. The first-order valence-electron chi connectivity index (χ1n) is 8.12. The minimum Gasteiger partial charge on any atom is -0.348 e. The van der Waals surface area contributed by atoms with Gasteiger partial charge in [-0.15, -0.1) is 0 Å². The third-order valence-electron chi connectivity index (χ3n) is 4.35. The fourth-order valence-electron chi connectivity index (χ4n) is 3.11. The van der Waals surface area contributed by atoms with Crippen molar-refractivity contribution in [3.63, 3.8) is 0 Å². The number of rotatable bonds is 3. The molecule has 1 saturated heterocycles. The van der Waals surface area contributed by atoms with Gasteiger partial charge in [0.1, 0.15) is 5.69 Å². The van der Waals surface area contributed by atoms with Gasteiger partial charge in [0.2, 0.25) is 0 Å². The van der Waals surface area contributed by atoms with Crippen LogP contribution >= 0.6 is 11.3 Å². The lowest BCUT2D eigenvalue weighted by Gasteiger charge is -2.32. The van der Waals surface area contributed by atoms with Gasteiger partial charge in [-0.05, 0) is 31.9 Å². The van der Waals surface area contributed by atoms with Gasteiger partial charge in [-0.3, -0.25) is 4.79 Å². The molecule has 0 spiro atoms. The Balaban J connectivity index is 1.47. The number of amides is 1. The molecule has 0 radical (unpaired) electrons. The zero-order chi connectivity index (χ0) is 16.5. The highest BCUT2D eigenvalue weighted by molar-refractivity contribution is 7.22. The van der Waals surface area contributed by atoms with Crippen molar-refractivity contribution in [3.05, 3.63) is 42.0 Å². The number of fused-ring (bicyclic) bond motifs is 1. The number of aromatic nitrogens is 3. The lowest BCUT2D eigenvalue weighted by Crippen LogP contribution is -2.48. The van der Waals surface area contributed by atoms with Crippen molar-refractivity contribution < 1.29 is 4.79 Å². The Bertz CT molecular complexity index is 838. The molecule has 24 heavy (non-hydrogen) atoms. The summed E-state index contributed by atoms with van der Waals surface area (Å²) < 4.78 is 1.20. The van der Waals surface area contributed by atoms with Crippen molar-refractivity contribution in [1.29, 1.82) is 0 Å². The van der Waals surface area contributed by atoms with Crippen LogP contribution in [0.5, 0.6) is 0 Å². The van der Waals surface area contributed by atoms with E-state index in [1.165, 1.54) is 4.70 Å². The Hall–Kier alpha value is -2.41. The van der Waals surface area contributed by atoms with E-state index in [0.717, 1.165) is 42.3 Å². The fourth-order valence-corrected chi connectivity index (χ4v) is 4.11. The van der Waals surface area contributed by atoms with Crippen molar-refractivity contribution in [2.75, 3.05) is 18.0 Å². The standard InChI is InChI=1S/C17H19N5OS/c1-11-15(19-10-18-11)16(23)20-12-5-4-8-22(9-12)17-21-13-6-2-3-7-14(13)24-17/h2-3,6-7,10,12H,4-5,8-9H2,1H3,(H,18,19)(H,20,23). The van der Waals surface area contributed by atoms with Gasteiger partial charge in [-0.1, -0.05) is 23.5 Å². The third kappa shape index (κ3) is 2.87. The van der Waals surface area contributed by atoms with E-state index >= 15 is 0 Å². The quantitative estimate of drug-likeness (QED) is 0.768. The molecule has 6 nitrogen and oxygen atoms in total. The van der Waals surface area contributed by atoms with Gasteiger partial charge < -0.3 is 15.2 Å². The smallest absolute Gasteiger partial charge is 0.272 e. The molecule has 1 amide bonds. The molecule has 1 aliphatic heterocycles. The molecule has 1 fully saturated rings. The molecule has 3 aromatic rings. The zero-order valence-electron chi connectivity index (χ0n) is 13.5. The van der Waals surface area contributed by atoms with Crippen molar-refractivity contribution >= 4 is 32.6 Å². The normalized spacial score (nSPS) is 18.0. The molecule has 1 atom stereocenters. The highest BCUT2D eigenvalue weighted by Gasteiger charge is 2.25. The number of imidazole rings is 1. The molecule has 1 unspecified atom stereocenters. The lowest BCUT2D eigenvalue weighted by molar-refractivity contribution is 0.0928. The van der Waals surface area contributed by atoms with Crippen molar-refractivity contribution in [2.45, 2.75) is 25.8 Å². The Morgan fingerprint density at radius 2 is 2.29 bits per heavy atom. The van der Waals surface area contributed by atoms with E-state index in [-0.39, 0.29) is 11.9 Å². The highest BCUT2D eigenvalue weighted by atomic mass is 32.1. The maximum absolute atomic E-state index is 12.4. The number of benzene rings is 1. The Labute approximate surface area is 143 Å². The molecule has 1 aromatic carbocycles. The van der Waals surface area contributed by atoms with Gasteiger partial charge in [0.15, 0.2) is 5.13 Å². The number of para-hydroxylation sites is 1. The number of hydrogen-bond donors (Lipinski definition) is 2. The molecule has 2 N–H and O–H groups in total. The van der Waals surface area contributed by atoms with E-state index in [0.29, 0.717) is 5.69 Å². The monoisotopic (exact) mass is 341 g/mol. The maximum atomic E-state index is 12.4. The average Bonchev–Trinajstić information content (AvgIpc) is 3.21. The van der Waals surface area contributed by atoms with Crippen LogP contribution in [0.4, 0.5) is 5.13 Å². The van der Waals surface area contributed by atoms with Crippen LogP contribution in [0.1, 0.15) is 29.0 Å². The minimum atomic E-state index is -0.107. The predicted molar refractivity (Wildman–Crippen MR) is 95.6 cm³/mol. The molecule has 0 saturated carbocycles. The summed E-state index contributed by atoms with van der Waals surface area (Å²) in [6.45, 7) is 3.62. The Morgan fingerprint density at radius 1 is 1.42 bits per heavy atom. The number of anilines is 1. The van der Waals surface area contributed by atoms with Crippen molar-refractivity contribution in [3.8, 4) is 0 Å². The first-order chi connectivity index (χ1) is 11.7. The number of aryl methyl sites for hydroxylation is 1. The van der Waals surface area contributed by atoms with Gasteiger partial charge in [0.05, 0.1) is 16.5 Å². The molecular formula is C17H19N5OS. The van der Waals surface area contributed by atoms with E-state index in [9.17, 15) is 4.79 Å². The molecular weight excluding hydrogens is 322 g/mol. The number of hydrogen-bond acceptors (Lipinski definition) is 5. The number of aromatic amines is 1. The van der Waals surface area contributed by atoms with E-state index in [2.05, 4.69) is 26.3 Å². The van der Waals surface area contributed by atoms with Crippen LogP contribution in [-0.4, -0.2) is 40.0 Å².